The van der Waals surface area contributed by atoms with E-state index in [1.54, 1.807) is 7.11 Å². The lowest BCUT2D eigenvalue weighted by atomic mass is 9.96. The van der Waals surface area contributed by atoms with Crippen LogP contribution in [0.25, 0.3) is 0 Å². The number of hydrogen-bond donors (Lipinski definition) is 0. The van der Waals surface area contributed by atoms with Gasteiger partial charge in [0.15, 0.2) is 5.78 Å². The highest BCUT2D eigenvalue weighted by Gasteiger charge is 2.22. The van der Waals surface area contributed by atoms with Crippen LogP contribution in [0, 0.1) is 13.8 Å². The number of nitrogens with zero attached hydrogens (tertiary/aromatic N) is 5. The Morgan fingerprint density at radius 3 is 2.81 bits per heavy atom. The number of thioether (sulfide) groups is 1. The lowest BCUT2D eigenvalue weighted by Gasteiger charge is -2.21. The second-order valence-electron chi connectivity index (χ2n) is 6.84. The molecule has 0 aromatic carbocycles. The summed E-state index contributed by atoms with van der Waals surface area (Å²) in [5.41, 5.74) is 2.86. The van der Waals surface area contributed by atoms with Gasteiger partial charge < -0.3 is 9.30 Å². The minimum atomic E-state index is 0.116. The molecule has 0 bridgehead atoms. The zero-order valence-corrected chi connectivity index (χ0v) is 16.6. The van der Waals surface area contributed by atoms with E-state index in [0.29, 0.717) is 18.4 Å². The van der Waals surface area contributed by atoms with Crippen molar-refractivity contribution >= 4 is 17.5 Å². The van der Waals surface area contributed by atoms with Gasteiger partial charge in [0.25, 0.3) is 0 Å². The van der Waals surface area contributed by atoms with Crippen molar-refractivity contribution < 1.29 is 9.53 Å². The molecular formula is C18H27N5O2S. The number of rotatable bonds is 8. The van der Waals surface area contributed by atoms with Gasteiger partial charge in [-0.2, -0.15) is 0 Å². The molecule has 142 valence electrons. The highest BCUT2D eigenvalue weighted by atomic mass is 32.2. The molecule has 1 saturated carbocycles. The van der Waals surface area contributed by atoms with Crippen molar-refractivity contribution in [1.82, 2.24) is 24.8 Å². The van der Waals surface area contributed by atoms with Crippen LogP contribution < -0.4 is 0 Å². The van der Waals surface area contributed by atoms with Crippen molar-refractivity contribution in [3.05, 3.63) is 23.0 Å². The topological polar surface area (TPSA) is 74.8 Å². The first-order valence-corrected chi connectivity index (χ1v) is 10.2. The van der Waals surface area contributed by atoms with Crippen molar-refractivity contribution in [2.75, 3.05) is 19.5 Å². The molecule has 3 rings (SSSR count). The van der Waals surface area contributed by atoms with Crippen LogP contribution in [0.5, 0.6) is 0 Å². The Morgan fingerprint density at radius 1 is 1.31 bits per heavy atom. The normalized spacial score (nSPS) is 15.5. The number of Topliss-reactive ketones (excluding diaryl/α,β-unsaturated/α-hetero) is 1. The molecule has 1 aliphatic carbocycles. The number of aromatic nitrogens is 5. The van der Waals surface area contributed by atoms with Gasteiger partial charge in [-0.05, 0) is 43.2 Å². The van der Waals surface area contributed by atoms with Gasteiger partial charge in [-0.3, -0.25) is 4.79 Å². The largest absolute Gasteiger partial charge is 0.383 e. The SMILES string of the molecule is COCCn1c(C)cc(C(=O)CSc2nnnn2C2CCCCC2)c1C. The summed E-state index contributed by atoms with van der Waals surface area (Å²) in [7, 11) is 1.69. The number of carbonyl (C=O) groups excluding carboxylic acids is 1. The molecule has 0 atom stereocenters. The summed E-state index contributed by atoms with van der Waals surface area (Å²) in [6.45, 7) is 5.41. The Morgan fingerprint density at radius 2 is 2.08 bits per heavy atom. The minimum Gasteiger partial charge on any atom is -0.383 e. The molecule has 7 nitrogen and oxygen atoms in total. The molecule has 0 radical (unpaired) electrons. The van der Waals surface area contributed by atoms with E-state index in [1.807, 2.05) is 24.6 Å². The highest BCUT2D eigenvalue weighted by Crippen LogP contribution is 2.30. The van der Waals surface area contributed by atoms with Gasteiger partial charge in [0.05, 0.1) is 18.4 Å². The van der Waals surface area contributed by atoms with Crippen LogP contribution in [0.4, 0.5) is 0 Å². The predicted molar refractivity (Wildman–Crippen MR) is 101 cm³/mol. The number of aryl methyl sites for hydroxylation is 1. The molecule has 26 heavy (non-hydrogen) atoms. The predicted octanol–water partition coefficient (Wildman–Crippen LogP) is 3.22. The lowest BCUT2D eigenvalue weighted by molar-refractivity contribution is 0.102. The third-order valence-corrected chi connectivity index (χ3v) is 6.04. The van der Waals surface area contributed by atoms with Crippen LogP contribution >= 0.6 is 11.8 Å². The van der Waals surface area contributed by atoms with Crippen molar-refractivity contribution in [2.24, 2.45) is 0 Å². The van der Waals surface area contributed by atoms with Crippen LogP contribution in [0.1, 0.15) is 59.9 Å². The first kappa shape index (κ1) is 19.1. The zero-order chi connectivity index (χ0) is 18.5. The number of hydrogen-bond acceptors (Lipinski definition) is 6. The van der Waals surface area contributed by atoms with Gasteiger partial charge in [-0.1, -0.05) is 31.0 Å². The first-order valence-electron chi connectivity index (χ1n) is 9.21. The molecule has 2 aromatic heterocycles. The van der Waals surface area contributed by atoms with Gasteiger partial charge in [-0.25, -0.2) is 4.68 Å². The van der Waals surface area contributed by atoms with E-state index in [0.717, 1.165) is 41.5 Å². The number of carbonyl (C=O) groups is 1. The van der Waals surface area contributed by atoms with Crippen LogP contribution in [-0.4, -0.2) is 50.0 Å². The summed E-state index contributed by atoms with van der Waals surface area (Å²) >= 11 is 1.44. The molecule has 0 unspecified atom stereocenters. The fourth-order valence-electron chi connectivity index (χ4n) is 3.65. The molecule has 1 fully saturated rings. The van der Waals surface area contributed by atoms with Crippen LogP contribution in [-0.2, 0) is 11.3 Å². The Kier molecular flexibility index (Phi) is 6.48. The van der Waals surface area contributed by atoms with Crippen molar-refractivity contribution in [2.45, 2.75) is 63.7 Å². The third-order valence-electron chi connectivity index (χ3n) is 5.11. The second-order valence-corrected chi connectivity index (χ2v) is 7.78. The molecule has 0 saturated heterocycles. The molecule has 2 aromatic rings. The third kappa shape index (κ3) is 4.17. The molecule has 1 aliphatic rings. The van der Waals surface area contributed by atoms with E-state index in [-0.39, 0.29) is 5.78 Å². The van der Waals surface area contributed by atoms with Crippen molar-refractivity contribution in [3.63, 3.8) is 0 Å². The van der Waals surface area contributed by atoms with E-state index in [1.165, 1.54) is 31.0 Å². The summed E-state index contributed by atoms with van der Waals surface area (Å²) in [5, 5.41) is 12.9. The number of ketones is 1. The first-order chi connectivity index (χ1) is 12.6. The molecule has 8 heteroatoms. The standard InChI is InChI=1S/C18H27N5O2S/c1-13-11-16(14(2)22(13)9-10-25-3)17(24)12-26-18-19-20-21-23(18)15-7-5-4-6-8-15/h11,15H,4-10,12H2,1-3H3. The van der Waals surface area contributed by atoms with Crippen LogP contribution in [0.15, 0.2) is 11.2 Å². The average molecular weight is 378 g/mol. The smallest absolute Gasteiger partial charge is 0.210 e. The quantitative estimate of drug-likeness (QED) is 0.519. The monoisotopic (exact) mass is 377 g/mol. The Balaban J connectivity index is 1.66. The Labute approximate surface area is 158 Å². The fourth-order valence-corrected chi connectivity index (χ4v) is 4.48. The van der Waals surface area contributed by atoms with Crippen LogP contribution in [0.3, 0.4) is 0 Å². The van der Waals surface area contributed by atoms with Gasteiger partial charge in [-0.15, -0.1) is 5.10 Å². The lowest BCUT2D eigenvalue weighted by Crippen LogP contribution is -2.16. The van der Waals surface area contributed by atoms with Gasteiger partial charge in [0.2, 0.25) is 5.16 Å². The van der Waals surface area contributed by atoms with Crippen LogP contribution in [0.2, 0.25) is 0 Å². The maximum Gasteiger partial charge on any atom is 0.210 e. The highest BCUT2D eigenvalue weighted by molar-refractivity contribution is 7.99. The molecule has 2 heterocycles. The van der Waals surface area contributed by atoms with Crippen molar-refractivity contribution in [3.8, 4) is 0 Å². The average Bonchev–Trinajstić information content (AvgIpc) is 3.23. The van der Waals surface area contributed by atoms with Gasteiger partial charge >= 0.3 is 0 Å². The molecular weight excluding hydrogens is 350 g/mol. The van der Waals surface area contributed by atoms with E-state index < -0.39 is 0 Å². The zero-order valence-electron chi connectivity index (χ0n) is 15.8. The van der Waals surface area contributed by atoms with E-state index in [4.69, 9.17) is 4.74 Å². The van der Waals surface area contributed by atoms with E-state index in [2.05, 4.69) is 20.1 Å². The Hall–Kier alpha value is -1.67. The maximum atomic E-state index is 12.7. The number of ether oxygens (including phenoxy) is 1. The Bertz CT molecular complexity index is 749. The summed E-state index contributed by atoms with van der Waals surface area (Å²) in [6.07, 6.45) is 5.97. The van der Waals surface area contributed by atoms with Gasteiger partial charge in [0, 0.05) is 30.6 Å². The molecule has 0 N–H and O–H groups in total. The number of methoxy groups -OCH3 is 1. The van der Waals surface area contributed by atoms with Crippen molar-refractivity contribution in [1.29, 1.82) is 0 Å². The molecule has 0 spiro atoms. The molecule has 0 aliphatic heterocycles. The summed E-state index contributed by atoms with van der Waals surface area (Å²) in [4.78, 5) is 12.7. The summed E-state index contributed by atoms with van der Waals surface area (Å²) in [5.74, 6) is 0.465. The number of tetrazole rings is 1. The second kappa shape index (κ2) is 8.81. The maximum absolute atomic E-state index is 12.7. The van der Waals surface area contributed by atoms with E-state index >= 15 is 0 Å². The van der Waals surface area contributed by atoms with Gasteiger partial charge in [0.1, 0.15) is 0 Å². The fraction of sp³-hybridized carbons (Fsp3) is 0.667. The van der Waals surface area contributed by atoms with E-state index in [9.17, 15) is 4.79 Å². The summed E-state index contributed by atoms with van der Waals surface area (Å²) in [6, 6.07) is 2.34. The minimum absolute atomic E-state index is 0.116. The molecule has 0 amide bonds. The summed E-state index contributed by atoms with van der Waals surface area (Å²) < 4.78 is 9.21.